The SMILES string of the molecule is C.CN(C)Cc1cccc(N)c1.COc1ccc(C(=O)NCc2cccc(C(=O)Nc3cccc(CN(C)C)c3)c2)cc1OC.COc1ccc(C(=O)NCc2cccc(C(=O)O)c2)cc1OC. The molecule has 0 radical (unpaired) electrons. The number of nitrogen functional groups attached to an aromatic ring is 1. The number of benzene rings is 6. The Labute approximate surface area is 399 Å². The number of anilines is 2. The van der Waals surface area contributed by atoms with Crippen LogP contribution in [0.4, 0.5) is 11.4 Å². The number of carboxylic acid groups (broad SMARTS) is 1. The molecule has 0 aliphatic carbocycles. The van der Waals surface area contributed by atoms with Crippen LogP contribution in [-0.2, 0) is 26.2 Å². The first-order valence-corrected chi connectivity index (χ1v) is 21.1. The molecule has 6 aromatic rings. The lowest BCUT2D eigenvalue weighted by Crippen LogP contribution is -2.23. The van der Waals surface area contributed by atoms with Crippen LogP contribution in [0.3, 0.4) is 0 Å². The molecule has 6 N–H and O–H groups in total. The maximum Gasteiger partial charge on any atom is 0.335 e. The van der Waals surface area contributed by atoms with Crippen LogP contribution in [-0.4, -0.2) is 95.2 Å². The average Bonchev–Trinajstić information content (AvgIpc) is 3.32. The molecule has 360 valence electrons. The van der Waals surface area contributed by atoms with Gasteiger partial charge in [0.2, 0.25) is 0 Å². The lowest BCUT2D eigenvalue weighted by atomic mass is 10.1. The number of ether oxygens (including phenoxy) is 4. The third-order valence-electron chi connectivity index (χ3n) is 9.69. The summed E-state index contributed by atoms with van der Waals surface area (Å²) in [7, 11) is 14.2. The van der Waals surface area contributed by atoms with Crippen LogP contribution in [0.15, 0.2) is 133 Å². The van der Waals surface area contributed by atoms with E-state index < -0.39 is 5.97 Å². The van der Waals surface area contributed by atoms with Crippen LogP contribution >= 0.6 is 0 Å². The smallest absolute Gasteiger partial charge is 0.335 e. The first kappa shape index (κ1) is 54.5. The molecule has 0 bridgehead atoms. The number of nitrogens with zero attached hydrogens (tertiary/aromatic N) is 2. The summed E-state index contributed by atoms with van der Waals surface area (Å²) >= 11 is 0. The van der Waals surface area contributed by atoms with Crippen molar-refractivity contribution in [2.75, 3.05) is 67.7 Å². The summed E-state index contributed by atoms with van der Waals surface area (Å²) < 4.78 is 20.7. The summed E-state index contributed by atoms with van der Waals surface area (Å²) in [6.45, 7) is 2.25. The van der Waals surface area contributed by atoms with Crippen LogP contribution in [0.2, 0.25) is 0 Å². The standard InChI is InChI=1S/C26H29N3O4.C17H17NO5.C9H14N2.CH4/c1-29(2)17-19-8-6-10-22(14-19)28-26(31)20-9-5-7-18(13-20)16-27-25(30)21-11-12-23(32-3)24(15-21)33-4;1-22-14-7-6-12(9-15(14)23-2)16(19)18-10-11-4-3-5-13(8-11)17(20)21;1-11(2)7-8-4-3-5-9(10)6-8;/h5-15H,16-17H2,1-4H3,(H,27,30)(H,28,31);3-9H,10H2,1-2H3,(H,18,19)(H,20,21);3-6H,7,10H2,1-2H3;1H4. The molecule has 6 rings (SSSR count). The highest BCUT2D eigenvalue weighted by Gasteiger charge is 2.14. The van der Waals surface area contributed by atoms with Crippen LogP contribution < -0.4 is 40.6 Å². The lowest BCUT2D eigenvalue weighted by molar-refractivity contribution is 0.0696. The Kier molecular flexibility index (Phi) is 22.1. The number of rotatable bonds is 17. The fourth-order valence-corrected chi connectivity index (χ4v) is 6.53. The predicted octanol–water partition coefficient (Wildman–Crippen LogP) is 8.25. The number of carboxylic acids is 1. The molecule has 3 amide bonds. The summed E-state index contributed by atoms with van der Waals surface area (Å²) in [5, 5.41) is 17.5. The Balaban J connectivity index is 0.000000302. The van der Waals surface area contributed by atoms with Crippen molar-refractivity contribution in [3.63, 3.8) is 0 Å². The van der Waals surface area contributed by atoms with Gasteiger partial charge in [-0.15, -0.1) is 0 Å². The molecule has 0 fully saturated rings. The largest absolute Gasteiger partial charge is 0.493 e. The normalized spacial score (nSPS) is 10.2. The minimum Gasteiger partial charge on any atom is -0.493 e. The highest BCUT2D eigenvalue weighted by atomic mass is 16.5. The first-order valence-electron chi connectivity index (χ1n) is 21.1. The molecule has 0 unspecified atom stereocenters. The second kappa shape index (κ2) is 27.6. The Hall–Kier alpha value is -7.88. The van der Waals surface area contributed by atoms with Gasteiger partial charge in [-0.1, -0.05) is 56.0 Å². The number of carbonyl (C=O) groups excluding carboxylic acids is 3. The van der Waals surface area contributed by atoms with Crippen molar-refractivity contribution < 1.29 is 43.2 Å². The van der Waals surface area contributed by atoms with Gasteiger partial charge in [0.1, 0.15) is 0 Å². The van der Waals surface area contributed by atoms with E-state index in [1.165, 1.54) is 39.0 Å². The van der Waals surface area contributed by atoms with Gasteiger partial charge in [-0.3, -0.25) is 14.4 Å². The summed E-state index contributed by atoms with van der Waals surface area (Å²) in [4.78, 5) is 52.6. The van der Waals surface area contributed by atoms with Gasteiger partial charge in [0.25, 0.3) is 17.7 Å². The molecule has 0 spiro atoms. The molecule has 0 heterocycles. The van der Waals surface area contributed by atoms with Crippen molar-refractivity contribution in [1.29, 1.82) is 0 Å². The first-order chi connectivity index (χ1) is 32.1. The number of aromatic carboxylic acids is 1. The van der Waals surface area contributed by atoms with E-state index >= 15 is 0 Å². The topological polar surface area (TPSA) is 194 Å². The Morgan fingerprint density at radius 2 is 0.897 bits per heavy atom. The Morgan fingerprint density at radius 3 is 1.35 bits per heavy atom. The molecule has 0 aliphatic heterocycles. The monoisotopic (exact) mass is 928 g/mol. The van der Waals surface area contributed by atoms with Gasteiger partial charge >= 0.3 is 5.97 Å². The van der Waals surface area contributed by atoms with Crippen molar-refractivity contribution in [2.45, 2.75) is 33.6 Å². The molecular formula is C53H64N6O9. The average molecular weight is 929 g/mol. The van der Waals surface area contributed by atoms with Gasteiger partial charge in [0, 0.05) is 54.2 Å². The van der Waals surface area contributed by atoms with Crippen LogP contribution in [0.1, 0.15) is 71.1 Å². The van der Waals surface area contributed by atoms with Crippen molar-refractivity contribution >= 4 is 35.1 Å². The van der Waals surface area contributed by atoms with Crippen LogP contribution in [0, 0.1) is 0 Å². The minimum absolute atomic E-state index is 0. The molecule has 0 saturated carbocycles. The van der Waals surface area contributed by atoms with Crippen LogP contribution in [0.5, 0.6) is 23.0 Å². The van der Waals surface area contributed by atoms with E-state index in [-0.39, 0.29) is 43.8 Å². The van der Waals surface area contributed by atoms with E-state index in [0.29, 0.717) is 45.3 Å². The van der Waals surface area contributed by atoms with Gasteiger partial charge < -0.3 is 55.5 Å². The van der Waals surface area contributed by atoms with E-state index in [1.807, 2.05) is 76.7 Å². The maximum absolute atomic E-state index is 12.8. The zero-order valence-electron chi connectivity index (χ0n) is 39.2. The highest BCUT2D eigenvalue weighted by molar-refractivity contribution is 6.04. The summed E-state index contributed by atoms with van der Waals surface area (Å²) in [5.41, 5.74) is 12.7. The van der Waals surface area contributed by atoms with Crippen molar-refractivity contribution in [2.24, 2.45) is 0 Å². The third-order valence-corrected chi connectivity index (χ3v) is 9.69. The van der Waals surface area contributed by atoms with Gasteiger partial charge in [-0.2, -0.15) is 0 Å². The minimum atomic E-state index is -1.00. The van der Waals surface area contributed by atoms with Gasteiger partial charge in [0.15, 0.2) is 23.0 Å². The number of nitrogens with one attached hydrogen (secondary N) is 3. The molecule has 15 nitrogen and oxygen atoms in total. The maximum atomic E-state index is 12.8. The zero-order chi connectivity index (χ0) is 48.9. The second-order valence-electron chi connectivity index (χ2n) is 15.6. The Morgan fingerprint density at radius 1 is 0.485 bits per heavy atom. The van der Waals surface area contributed by atoms with Gasteiger partial charge in [-0.25, -0.2) is 4.79 Å². The number of carbonyl (C=O) groups is 4. The van der Waals surface area contributed by atoms with Crippen molar-refractivity contribution in [3.05, 3.63) is 178 Å². The molecule has 6 aromatic carbocycles. The van der Waals surface area contributed by atoms with E-state index in [4.69, 9.17) is 29.8 Å². The second-order valence-corrected chi connectivity index (χ2v) is 15.6. The van der Waals surface area contributed by atoms with Gasteiger partial charge in [-0.05, 0) is 135 Å². The number of hydrogen-bond donors (Lipinski definition) is 5. The fourth-order valence-electron chi connectivity index (χ4n) is 6.53. The third kappa shape index (κ3) is 17.5. The van der Waals surface area contributed by atoms with Gasteiger partial charge in [0.05, 0.1) is 34.0 Å². The van der Waals surface area contributed by atoms with E-state index in [0.717, 1.165) is 35.6 Å². The summed E-state index contributed by atoms with van der Waals surface area (Å²) in [6, 6.07) is 39.2. The van der Waals surface area contributed by atoms with Crippen LogP contribution in [0.25, 0.3) is 0 Å². The summed E-state index contributed by atoms with van der Waals surface area (Å²) in [5.74, 6) is 0.308. The molecule has 0 saturated heterocycles. The van der Waals surface area contributed by atoms with E-state index in [9.17, 15) is 19.2 Å². The zero-order valence-corrected chi connectivity index (χ0v) is 39.2. The quantitative estimate of drug-likeness (QED) is 0.0551. The Bertz CT molecular complexity index is 2600. The fraction of sp³-hybridized carbons (Fsp3) is 0.245. The summed E-state index contributed by atoms with van der Waals surface area (Å²) in [6.07, 6.45) is 0. The number of amides is 3. The van der Waals surface area contributed by atoms with Crippen molar-refractivity contribution in [3.8, 4) is 23.0 Å². The molecule has 15 heteroatoms. The highest BCUT2D eigenvalue weighted by Crippen LogP contribution is 2.28. The lowest BCUT2D eigenvalue weighted by Gasteiger charge is -2.12. The molecule has 0 aromatic heterocycles. The molecule has 68 heavy (non-hydrogen) atoms. The number of methoxy groups -OCH3 is 4. The van der Waals surface area contributed by atoms with E-state index in [1.54, 1.807) is 73.8 Å². The molecule has 0 atom stereocenters. The molecule has 0 aliphatic rings. The number of nitrogens with two attached hydrogens (primary N) is 1. The molecular weight excluding hydrogens is 865 g/mol. The van der Waals surface area contributed by atoms with Crippen molar-refractivity contribution in [1.82, 2.24) is 20.4 Å². The van der Waals surface area contributed by atoms with E-state index in [2.05, 4.69) is 31.8 Å². The number of hydrogen-bond acceptors (Lipinski definition) is 11. The predicted molar refractivity (Wildman–Crippen MR) is 268 cm³/mol.